The Balaban J connectivity index is 1.45. The molecule has 3 rings (SSSR count). The van der Waals surface area contributed by atoms with E-state index in [1.54, 1.807) is 5.56 Å². The first-order valence-corrected chi connectivity index (χ1v) is 11.6. The largest absolute Gasteiger partial charge is 0.378 e. The van der Waals surface area contributed by atoms with Crippen molar-refractivity contribution in [3.05, 3.63) is 47.5 Å². The van der Waals surface area contributed by atoms with Crippen LogP contribution in [-0.4, -0.2) is 12.7 Å². The number of hydrogen-bond donors (Lipinski definition) is 0. The molecule has 2 saturated carbocycles. The first kappa shape index (κ1) is 20.6. The molecule has 27 heavy (non-hydrogen) atoms. The Morgan fingerprint density at radius 1 is 0.963 bits per heavy atom. The van der Waals surface area contributed by atoms with Gasteiger partial charge >= 0.3 is 0 Å². The molecule has 0 aliphatic heterocycles. The van der Waals surface area contributed by atoms with Gasteiger partial charge in [-0.15, -0.1) is 0 Å². The molecule has 0 spiro atoms. The van der Waals surface area contributed by atoms with Crippen molar-refractivity contribution in [2.24, 2.45) is 11.8 Å². The number of aryl methyl sites for hydroxylation is 1. The lowest BCUT2D eigenvalue weighted by molar-refractivity contribution is -0.0162. The minimum atomic E-state index is 0.552. The van der Waals surface area contributed by atoms with E-state index < -0.39 is 0 Å². The van der Waals surface area contributed by atoms with Crippen LogP contribution < -0.4 is 0 Å². The molecule has 0 aromatic heterocycles. The Morgan fingerprint density at radius 2 is 1.74 bits per heavy atom. The van der Waals surface area contributed by atoms with Gasteiger partial charge in [0.15, 0.2) is 0 Å². The molecule has 0 heterocycles. The summed E-state index contributed by atoms with van der Waals surface area (Å²) in [5.41, 5.74) is 3.06. The van der Waals surface area contributed by atoms with Gasteiger partial charge in [-0.05, 0) is 93.6 Å². The van der Waals surface area contributed by atoms with Crippen LogP contribution in [0.2, 0.25) is 0 Å². The summed E-state index contributed by atoms with van der Waals surface area (Å²) in [4.78, 5) is 0. The summed E-state index contributed by atoms with van der Waals surface area (Å²) in [5, 5.41) is 0. The summed E-state index contributed by atoms with van der Waals surface area (Å²) in [6.45, 7) is 5.35. The van der Waals surface area contributed by atoms with Gasteiger partial charge in [0.05, 0.1) is 6.10 Å². The second-order valence-corrected chi connectivity index (χ2v) is 8.89. The maximum Gasteiger partial charge on any atom is 0.0578 e. The maximum atomic E-state index is 6.19. The van der Waals surface area contributed by atoms with E-state index in [0.717, 1.165) is 30.8 Å². The zero-order chi connectivity index (χ0) is 18.9. The molecule has 1 aromatic carbocycles. The van der Waals surface area contributed by atoms with E-state index in [1.807, 2.05) is 0 Å². The van der Waals surface area contributed by atoms with E-state index in [1.165, 1.54) is 69.8 Å². The monoisotopic (exact) mass is 368 g/mol. The lowest BCUT2D eigenvalue weighted by Crippen LogP contribution is -2.33. The molecule has 4 unspecified atom stereocenters. The summed E-state index contributed by atoms with van der Waals surface area (Å²) in [7, 11) is 0. The van der Waals surface area contributed by atoms with E-state index in [9.17, 15) is 0 Å². The van der Waals surface area contributed by atoms with E-state index in [0.29, 0.717) is 6.10 Å². The van der Waals surface area contributed by atoms with Gasteiger partial charge in [-0.1, -0.05) is 56.2 Å². The minimum Gasteiger partial charge on any atom is -0.378 e. The number of benzene rings is 1. The van der Waals surface area contributed by atoms with Crippen LogP contribution in [0.5, 0.6) is 0 Å². The van der Waals surface area contributed by atoms with Crippen LogP contribution in [0.25, 0.3) is 0 Å². The Labute approximate surface area is 167 Å². The topological polar surface area (TPSA) is 9.23 Å². The highest BCUT2D eigenvalue weighted by Gasteiger charge is 2.36. The van der Waals surface area contributed by atoms with Crippen LogP contribution >= 0.6 is 0 Å². The molecule has 2 aliphatic carbocycles. The fourth-order valence-corrected chi connectivity index (χ4v) is 5.28. The van der Waals surface area contributed by atoms with Gasteiger partial charge in [-0.3, -0.25) is 0 Å². The lowest BCUT2D eigenvalue weighted by Gasteiger charge is -2.42. The van der Waals surface area contributed by atoms with Crippen molar-refractivity contribution in [2.75, 3.05) is 6.61 Å². The van der Waals surface area contributed by atoms with Crippen molar-refractivity contribution in [1.29, 1.82) is 0 Å². The molecular formula is C26H40O. The van der Waals surface area contributed by atoms with Gasteiger partial charge in [-0.25, -0.2) is 0 Å². The Bertz CT molecular complexity index is 558. The van der Waals surface area contributed by atoms with Gasteiger partial charge in [0.25, 0.3) is 0 Å². The predicted molar refractivity (Wildman–Crippen MR) is 116 cm³/mol. The summed E-state index contributed by atoms with van der Waals surface area (Å²) in [6.07, 6.45) is 19.3. The zero-order valence-corrected chi connectivity index (χ0v) is 17.7. The average Bonchev–Trinajstić information content (AvgIpc) is 2.71. The van der Waals surface area contributed by atoms with Crippen LogP contribution in [0.3, 0.4) is 0 Å². The quantitative estimate of drug-likeness (QED) is 0.325. The number of allylic oxidation sites excluding steroid dienone is 2. The van der Waals surface area contributed by atoms with Crippen molar-refractivity contribution < 1.29 is 4.74 Å². The van der Waals surface area contributed by atoms with Crippen molar-refractivity contribution in [3.8, 4) is 0 Å². The van der Waals surface area contributed by atoms with Crippen molar-refractivity contribution in [1.82, 2.24) is 0 Å². The Kier molecular flexibility index (Phi) is 8.45. The van der Waals surface area contributed by atoms with Crippen molar-refractivity contribution in [3.63, 3.8) is 0 Å². The highest BCUT2D eigenvalue weighted by Crippen LogP contribution is 2.46. The fourth-order valence-electron chi connectivity index (χ4n) is 5.28. The molecule has 0 N–H and O–H groups in total. The SMILES string of the molecule is C/C=C/CCc1ccc(C2CCC3CC(OCCCCC)CCC3C2)cc1. The number of ether oxygens (including phenoxy) is 1. The van der Waals surface area contributed by atoms with Crippen LogP contribution in [-0.2, 0) is 11.2 Å². The minimum absolute atomic E-state index is 0.552. The van der Waals surface area contributed by atoms with E-state index in [2.05, 4.69) is 50.3 Å². The molecule has 0 bridgehead atoms. The smallest absolute Gasteiger partial charge is 0.0578 e. The highest BCUT2D eigenvalue weighted by molar-refractivity contribution is 5.26. The van der Waals surface area contributed by atoms with Gasteiger partial charge in [0.1, 0.15) is 0 Å². The average molecular weight is 369 g/mol. The van der Waals surface area contributed by atoms with Gasteiger partial charge in [0.2, 0.25) is 0 Å². The summed E-state index contributed by atoms with van der Waals surface area (Å²) >= 11 is 0. The zero-order valence-electron chi connectivity index (χ0n) is 17.7. The third kappa shape index (κ3) is 6.21. The van der Waals surface area contributed by atoms with Crippen LogP contribution in [0.4, 0.5) is 0 Å². The second-order valence-electron chi connectivity index (χ2n) is 8.89. The Morgan fingerprint density at radius 3 is 2.52 bits per heavy atom. The normalized spacial score (nSPS) is 28.4. The summed E-state index contributed by atoms with van der Waals surface area (Å²) < 4.78 is 6.19. The first-order chi connectivity index (χ1) is 13.3. The van der Waals surface area contributed by atoms with E-state index in [-0.39, 0.29) is 0 Å². The fraction of sp³-hybridized carbons (Fsp3) is 0.692. The molecule has 0 radical (unpaired) electrons. The summed E-state index contributed by atoms with van der Waals surface area (Å²) in [6, 6.07) is 9.56. The van der Waals surface area contributed by atoms with Crippen LogP contribution in [0.15, 0.2) is 36.4 Å². The molecule has 0 amide bonds. The van der Waals surface area contributed by atoms with E-state index >= 15 is 0 Å². The van der Waals surface area contributed by atoms with Gasteiger partial charge in [0, 0.05) is 6.61 Å². The Hall–Kier alpha value is -1.08. The molecule has 150 valence electrons. The van der Waals surface area contributed by atoms with Crippen LogP contribution in [0.1, 0.15) is 95.1 Å². The number of unbranched alkanes of at least 4 members (excludes halogenated alkanes) is 2. The van der Waals surface area contributed by atoms with Crippen molar-refractivity contribution >= 4 is 0 Å². The van der Waals surface area contributed by atoms with Crippen LogP contribution in [0, 0.1) is 11.8 Å². The third-order valence-electron chi connectivity index (χ3n) is 6.95. The lowest BCUT2D eigenvalue weighted by atomic mass is 9.65. The molecule has 1 heteroatoms. The predicted octanol–water partition coefficient (Wildman–Crippen LogP) is 7.45. The summed E-state index contributed by atoms with van der Waals surface area (Å²) in [5.74, 6) is 2.65. The second kappa shape index (κ2) is 11.1. The molecule has 2 fully saturated rings. The van der Waals surface area contributed by atoms with E-state index in [4.69, 9.17) is 4.74 Å². The standard InChI is InChI=1S/C26H40O/c1-3-5-7-9-21-10-12-22(13-11-21)23-14-15-25-20-26(17-16-24(25)19-23)27-18-8-6-4-2/h3,5,10-13,23-26H,4,6-9,14-20H2,1-2H3/b5-3+. The highest BCUT2D eigenvalue weighted by atomic mass is 16.5. The molecule has 1 aromatic rings. The first-order valence-electron chi connectivity index (χ1n) is 11.6. The molecular weight excluding hydrogens is 328 g/mol. The third-order valence-corrected chi connectivity index (χ3v) is 6.95. The van der Waals surface area contributed by atoms with Gasteiger partial charge < -0.3 is 4.74 Å². The maximum absolute atomic E-state index is 6.19. The van der Waals surface area contributed by atoms with Crippen molar-refractivity contribution in [2.45, 2.75) is 96.5 Å². The number of rotatable bonds is 9. The molecule has 0 saturated heterocycles. The number of fused-ring (bicyclic) bond motifs is 1. The number of hydrogen-bond acceptors (Lipinski definition) is 1. The van der Waals surface area contributed by atoms with Gasteiger partial charge in [-0.2, -0.15) is 0 Å². The molecule has 4 atom stereocenters. The molecule has 1 nitrogen and oxygen atoms in total. The molecule has 2 aliphatic rings.